The molecule has 2 N–H and O–H groups in total. The Morgan fingerprint density at radius 1 is 1.05 bits per heavy atom. The van der Waals surface area contributed by atoms with Gasteiger partial charge >= 0.3 is 0 Å². The summed E-state index contributed by atoms with van der Waals surface area (Å²) in [6, 6.07) is 0.637. The summed E-state index contributed by atoms with van der Waals surface area (Å²) in [5.41, 5.74) is 0. The van der Waals surface area contributed by atoms with E-state index in [1.54, 1.807) is 0 Å². The fourth-order valence-corrected chi connectivity index (χ4v) is 3.31. The van der Waals surface area contributed by atoms with Crippen LogP contribution in [0.25, 0.3) is 0 Å². The fraction of sp³-hybridized carbons (Fsp3) is 0.933. The predicted molar refractivity (Wildman–Crippen MR) is 75.9 cm³/mol. The molecule has 1 saturated carbocycles. The zero-order valence-electron chi connectivity index (χ0n) is 11.9. The van der Waals surface area contributed by atoms with E-state index in [0.29, 0.717) is 17.9 Å². The van der Waals surface area contributed by atoms with Gasteiger partial charge in [0.25, 0.3) is 0 Å². The lowest BCUT2D eigenvalue weighted by Crippen LogP contribution is -2.47. The zero-order chi connectivity index (χ0) is 13.1. The summed E-state index contributed by atoms with van der Waals surface area (Å²) in [5.74, 6) is 1.67. The van der Waals surface area contributed by atoms with E-state index >= 15 is 0 Å². The normalized spacial score (nSPS) is 26.6. The molecule has 2 heterocycles. The lowest BCUT2D eigenvalue weighted by molar-refractivity contribution is -0.133. The van der Waals surface area contributed by atoms with Crippen molar-refractivity contribution >= 4 is 5.91 Å². The van der Waals surface area contributed by atoms with Gasteiger partial charge in [0.05, 0.1) is 0 Å². The molecular formula is C15H27N3O. The molecule has 0 bridgehead atoms. The highest BCUT2D eigenvalue weighted by molar-refractivity contribution is 5.81. The van der Waals surface area contributed by atoms with Crippen LogP contribution < -0.4 is 10.6 Å². The van der Waals surface area contributed by atoms with Crippen molar-refractivity contribution in [3.63, 3.8) is 0 Å². The number of hydrogen-bond acceptors (Lipinski definition) is 3. The minimum atomic E-state index is 0.388. The summed E-state index contributed by atoms with van der Waals surface area (Å²) in [5, 5.41) is 7.15. The smallest absolute Gasteiger partial charge is 0.225 e. The van der Waals surface area contributed by atoms with Gasteiger partial charge in [0.1, 0.15) is 0 Å². The number of nitrogens with zero attached hydrogens (tertiary/aromatic N) is 1. The van der Waals surface area contributed by atoms with Gasteiger partial charge in [0.2, 0.25) is 5.91 Å². The molecule has 19 heavy (non-hydrogen) atoms. The molecule has 0 aromatic heterocycles. The van der Waals surface area contributed by atoms with Crippen molar-refractivity contribution in [3.05, 3.63) is 0 Å². The number of likely N-dealkylation sites (tertiary alicyclic amines) is 1. The molecule has 0 radical (unpaired) electrons. The van der Waals surface area contributed by atoms with Gasteiger partial charge < -0.3 is 15.5 Å². The number of carbonyl (C=O) groups excluding carboxylic acids is 1. The Bertz CT molecular complexity index is 303. The number of piperidine rings is 2. The SMILES string of the molecule is O=C(C1CC1)N1CCC(NCC2CCNCC2)CC1. The molecule has 0 aromatic carbocycles. The summed E-state index contributed by atoms with van der Waals surface area (Å²) >= 11 is 0. The van der Waals surface area contributed by atoms with E-state index in [0.717, 1.165) is 44.7 Å². The van der Waals surface area contributed by atoms with Crippen molar-refractivity contribution in [1.29, 1.82) is 0 Å². The first-order valence-electron chi connectivity index (χ1n) is 8.06. The second-order valence-electron chi connectivity index (χ2n) is 6.48. The molecule has 0 spiro atoms. The lowest BCUT2D eigenvalue weighted by Gasteiger charge is -2.34. The van der Waals surface area contributed by atoms with Gasteiger partial charge in [-0.05, 0) is 64.1 Å². The van der Waals surface area contributed by atoms with Crippen molar-refractivity contribution in [2.24, 2.45) is 11.8 Å². The summed E-state index contributed by atoms with van der Waals surface area (Å²) in [4.78, 5) is 14.1. The Morgan fingerprint density at radius 3 is 2.37 bits per heavy atom. The molecule has 0 atom stereocenters. The van der Waals surface area contributed by atoms with Gasteiger partial charge in [-0.25, -0.2) is 0 Å². The lowest BCUT2D eigenvalue weighted by atomic mass is 9.96. The maximum absolute atomic E-state index is 12.0. The molecule has 3 fully saturated rings. The van der Waals surface area contributed by atoms with Gasteiger partial charge in [-0.2, -0.15) is 0 Å². The van der Waals surface area contributed by atoms with E-state index in [1.807, 2.05) is 0 Å². The molecule has 0 unspecified atom stereocenters. The van der Waals surface area contributed by atoms with Crippen molar-refractivity contribution < 1.29 is 4.79 Å². The average molecular weight is 265 g/mol. The highest BCUT2D eigenvalue weighted by Gasteiger charge is 2.34. The quantitative estimate of drug-likeness (QED) is 0.796. The van der Waals surface area contributed by atoms with Crippen LogP contribution in [-0.2, 0) is 4.79 Å². The molecule has 4 nitrogen and oxygen atoms in total. The third-order valence-corrected chi connectivity index (χ3v) is 4.89. The largest absolute Gasteiger partial charge is 0.342 e. The third kappa shape index (κ3) is 3.69. The van der Waals surface area contributed by atoms with Gasteiger partial charge in [-0.3, -0.25) is 4.79 Å². The summed E-state index contributed by atoms with van der Waals surface area (Å²) < 4.78 is 0. The molecule has 1 aliphatic carbocycles. The van der Waals surface area contributed by atoms with Crippen LogP contribution in [0.1, 0.15) is 38.5 Å². The highest BCUT2D eigenvalue weighted by Crippen LogP contribution is 2.31. The van der Waals surface area contributed by atoms with Crippen molar-refractivity contribution in [1.82, 2.24) is 15.5 Å². The number of nitrogens with one attached hydrogen (secondary N) is 2. The number of amides is 1. The summed E-state index contributed by atoms with van der Waals surface area (Å²) in [6.45, 7) is 5.47. The maximum Gasteiger partial charge on any atom is 0.225 e. The summed E-state index contributed by atoms with van der Waals surface area (Å²) in [6.07, 6.45) is 7.17. The monoisotopic (exact) mass is 265 g/mol. The van der Waals surface area contributed by atoms with Crippen molar-refractivity contribution in [3.8, 4) is 0 Å². The van der Waals surface area contributed by atoms with E-state index in [4.69, 9.17) is 0 Å². The Hall–Kier alpha value is -0.610. The van der Waals surface area contributed by atoms with E-state index in [1.165, 1.54) is 32.5 Å². The number of rotatable bonds is 4. The maximum atomic E-state index is 12.0. The first kappa shape index (κ1) is 13.4. The average Bonchev–Trinajstić information content (AvgIpc) is 3.31. The second kappa shape index (κ2) is 6.23. The van der Waals surface area contributed by atoms with E-state index in [9.17, 15) is 4.79 Å². The van der Waals surface area contributed by atoms with Crippen LogP contribution in [0.4, 0.5) is 0 Å². The van der Waals surface area contributed by atoms with E-state index < -0.39 is 0 Å². The Labute approximate surface area is 116 Å². The second-order valence-corrected chi connectivity index (χ2v) is 6.48. The molecule has 3 aliphatic rings. The molecule has 4 heteroatoms. The Balaban J connectivity index is 1.34. The molecule has 1 amide bonds. The molecule has 2 saturated heterocycles. The topological polar surface area (TPSA) is 44.4 Å². The highest BCUT2D eigenvalue weighted by atomic mass is 16.2. The minimum absolute atomic E-state index is 0.388. The summed E-state index contributed by atoms with van der Waals surface area (Å²) in [7, 11) is 0. The number of carbonyl (C=O) groups is 1. The first-order valence-corrected chi connectivity index (χ1v) is 8.06. The van der Waals surface area contributed by atoms with Crippen LogP contribution in [0.3, 0.4) is 0 Å². The predicted octanol–water partition coefficient (Wildman–Crippen LogP) is 0.977. The van der Waals surface area contributed by atoms with Crippen LogP contribution in [0.15, 0.2) is 0 Å². The Kier molecular flexibility index (Phi) is 4.38. The first-order chi connectivity index (χ1) is 9.33. The van der Waals surface area contributed by atoms with Crippen LogP contribution >= 0.6 is 0 Å². The van der Waals surface area contributed by atoms with E-state index in [2.05, 4.69) is 15.5 Å². The Morgan fingerprint density at radius 2 is 1.74 bits per heavy atom. The minimum Gasteiger partial charge on any atom is -0.342 e. The fourth-order valence-electron chi connectivity index (χ4n) is 3.31. The van der Waals surface area contributed by atoms with Gasteiger partial charge in [0.15, 0.2) is 0 Å². The molecular weight excluding hydrogens is 238 g/mol. The molecule has 3 rings (SSSR count). The van der Waals surface area contributed by atoms with Gasteiger partial charge in [0, 0.05) is 25.0 Å². The van der Waals surface area contributed by atoms with Gasteiger partial charge in [-0.1, -0.05) is 0 Å². The van der Waals surface area contributed by atoms with Crippen LogP contribution in [0, 0.1) is 11.8 Å². The number of hydrogen-bond donors (Lipinski definition) is 2. The van der Waals surface area contributed by atoms with Crippen molar-refractivity contribution in [2.45, 2.75) is 44.6 Å². The molecule has 2 aliphatic heterocycles. The van der Waals surface area contributed by atoms with Crippen molar-refractivity contribution in [2.75, 3.05) is 32.7 Å². The van der Waals surface area contributed by atoms with Crippen LogP contribution in [0.2, 0.25) is 0 Å². The van der Waals surface area contributed by atoms with Crippen LogP contribution in [0.5, 0.6) is 0 Å². The zero-order valence-corrected chi connectivity index (χ0v) is 11.9. The van der Waals surface area contributed by atoms with Crippen LogP contribution in [-0.4, -0.2) is 49.6 Å². The third-order valence-electron chi connectivity index (χ3n) is 4.89. The van der Waals surface area contributed by atoms with Gasteiger partial charge in [-0.15, -0.1) is 0 Å². The standard InChI is InChI=1S/C15H27N3O/c19-15(13-1-2-13)18-9-5-14(6-10-18)17-11-12-3-7-16-8-4-12/h12-14,16-17H,1-11H2. The molecule has 0 aromatic rings. The van der Waals surface area contributed by atoms with E-state index in [-0.39, 0.29) is 0 Å². The molecule has 108 valence electrons.